The number of aromatic nitrogens is 2. The number of nitrogens with zero attached hydrogens (tertiary/aromatic N) is 1. The molecule has 1 atom stereocenters. The van der Waals surface area contributed by atoms with E-state index in [4.69, 9.17) is 0 Å². The molecule has 1 amide bonds. The highest BCUT2D eigenvalue weighted by molar-refractivity contribution is 5.93. The average Bonchev–Trinajstić information content (AvgIpc) is 2.83. The molecular formula is C16H21N3O2. The van der Waals surface area contributed by atoms with Crippen molar-refractivity contribution < 1.29 is 9.90 Å². The van der Waals surface area contributed by atoms with Gasteiger partial charge in [-0.1, -0.05) is 51.1 Å². The fourth-order valence-corrected chi connectivity index (χ4v) is 2.07. The van der Waals surface area contributed by atoms with Gasteiger partial charge in [-0.3, -0.25) is 9.89 Å². The molecule has 2 aromatic rings. The zero-order valence-corrected chi connectivity index (χ0v) is 12.6. The van der Waals surface area contributed by atoms with Crippen molar-refractivity contribution in [3.63, 3.8) is 0 Å². The number of carbonyl (C=O) groups excluding carboxylic acids is 1. The van der Waals surface area contributed by atoms with E-state index < -0.39 is 12.0 Å². The maximum atomic E-state index is 12.0. The monoisotopic (exact) mass is 287 g/mol. The molecule has 0 spiro atoms. The van der Waals surface area contributed by atoms with Gasteiger partial charge in [-0.25, -0.2) is 0 Å². The predicted octanol–water partition coefficient (Wildman–Crippen LogP) is 2.67. The van der Waals surface area contributed by atoms with E-state index in [1.807, 2.05) is 6.07 Å². The minimum atomic E-state index is -1.20. The number of anilines is 1. The molecule has 5 nitrogen and oxygen atoms in total. The van der Waals surface area contributed by atoms with Gasteiger partial charge in [-0.15, -0.1) is 0 Å². The number of amides is 1. The molecule has 0 aliphatic rings. The molecule has 1 aromatic carbocycles. The van der Waals surface area contributed by atoms with Gasteiger partial charge in [0, 0.05) is 11.8 Å². The number of H-pyrrole nitrogens is 1. The summed E-state index contributed by atoms with van der Waals surface area (Å²) >= 11 is 0. The summed E-state index contributed by atoms with van der Waals surface area (Å²) in [6, 6.07) is 10.6. The first-order valence-electron chi connectivity index (χ1n) is 6.93. The third-order valence-corrected chi connectivity index (χ3v) is 2.97. The Morgan fingerprint density at radius 1 is 1.33 bits per heavy atom. The Kier molecular flexibility index (Phi) is 4.43. The number of hydrogen-bond acceptors (Lipinski definition) is 3. The minimum absolute atomic E-state index is 0.136. The first-order chi connectivity index (χ1) is 9.85. The van der Waals surface area contributed by atoms with Gasteiger partial charge in [0.15, 0.2) is 11.9 Å². The van der Waals surface area contributed by atoms with Gasteiger partial charge in [-0.2, -0.15) is 5.10 Å². The second-order valence-electron chi connectivity index (χ2n) is 6.32. The molecular weight excluding hydrogens is 266 g/mol. The average molecular weight is 287 g/mol. The molecule has 0 aliphatic heterocycles. The maximum absolute atomic E-state index is 12.0. The number of rotatable bonds is 4. The lowest BCUT2D eigenvalue weighted by atomic mass is 9.91. The van der Waals surface area contributed by atoms with Crippen LogP contribution in [-0.4, -0.2) is 21.2 Å². The fraction of sp³-hybridized carbons (Fsp3) is 0.375. The molecule has 0 saturated heterocycles. The fourth-order valence-electron chi connectivity index (χ4n) is 2.07. The second kappa shape index (κ2) is 6.10. The normalized spacial score (nSPS) is 13.0. The lowest BCUT2D eigenvalue weighted by Gasteiger charge is -2.15. The zero-order valence-electron chi connectivity index (χ0n) is 12.6. The van der Waals surface area contributed by atoms with Crippen molar-refractivity contribution in [2.45, 2.75) is 33.3 Å². The van der Waals surface area contributed by atoms with Crippen LogP contribution in [0.2, 0.25) is 0 Å². The quantitative estimate of drug-likeness (QED) is 0.809. The first kappa shape index (κ1) is 15.3. The van der Waals surface area contributed by atoms with Crippen LogP contribution in [0.3, 0.4) is 0 Å². The van der Waals surface area contributed by atoms with Gasteiger partial charge < -0.3 is 10.4 Å². The van der Waals surface area contributed by atoms with E-state index in [-0.39, 0.29) is 5.41 Å². The number of aliphatic hydroxyl groups excluding tert-OH is 1. The third kappa shape index (κ3) is 4.43. The SMILES string of the molecule is CC(C)(C)Cc1cc(NC(=O)C(O)c2ccccc2)n[nH]1. The van der Waals surface area contributed by atoms with Crippen LogP contribution in [0.25, 0.3) is 0 Å². The third-order valence-electron chi connectivity index (χ3n) is 2.97. The van der Waals surface area contributed by atoms with Crippen molar-refractivity contribution in [1.82, 2.24) is 10.2 Å². The molecule has 0 saturated carbocycles. The Balaban J connectivity index is 2.00. The zero-order chi connectivity index (χ0) is 15.5. The summed E-state index contributed by atoms with van der Waals surface area (Å²) in [6.07, 6.45) is -0.370. The Morgan fingerprint density at radius 2 is 2.00 bits per heavy atom. The Hall–Kier alpha value is -2.14. The van der Waals surface area contributed by atoms with Gasteiger partial charge in [0.2, 0.25) is 0 Å². The van der Waals surface area contributed by atoms with Crippen molar-refractivity contribution >= 4 is 11.7 Å². The van der Waals surface area contributed by atoms with E-state index in [0.29, 0.717) is 11.4 Å². The highest BCUT2D eigenvalue weighted by Crippen LogP contribution is 2.21. The number of nitrogens with one attached hydrogen (secondary N) is 2. The van der Waals surface area contributed by atoms with Crippen LogP contribution in [-0.2, 0) is 11.2 Å². The summed E-state index contributed by atoms with van der Waals surface area (Å²) in [4.78, 5) is 12.0. The molecule has 1 unspecified atom stereocenters. The van der Waals surface area contributed by atoms with Crippen molar-refractivity contribution in [3.05, 3.63) is 47.7 Å². The molecule has 1 heterocycles. The van der Waals surface area contributed by atoms with Crippen LogP contribution in [0.15, 0.2) is 36.4 Å². The molecule has 0 bridgehead atoms. The van der Waals surface area contributed by atoms with E-state index >= 15 is 0 Å². The van der Waals surface area contributed by atoms with Crippen LogP contribution in [0.1, 0.15) is 38.1 Å². The van der Waals surface area contributed by atoms with Gasteiger partial charge in [0.05, 0.1) is 0 Å². The van der Waals surface area contributed by atoms with Crippen LogP contribution >= 0.6 is 0 Å². The summed E-state index contributed by atoms with van der Waals surface area (Å²) in [5.74, 6) is -0.0655. The number of carbonyl (C=O) groups is 1. The van der Waals surface area contributed by atoms with Crippen LogP contribution in [0.4, 0.5) is 5.82 Å². The first-order valence-corrected chi connectivity index (χ1v) is 6.93. The molecule has 1 aromatic heterocycles. The Bertz CT molecular complexity index is 599. The Morgan fingerprint density at radius 3 is 2.62 bits per heavy atom. The van der Waals surface area contributed by atoms with E-state index in [9.17, 15) is 9.90 Å². The summed E-state index contributed by atoms with van der Waals surface area (Å²) in [7, 11) is 0. The van der Waals surface area contributed by atoms with E-state index in [1.165, 1.54) is 0 Å². The van der Waals surface area contributed by atoms with Gasteiger partial charge in [-0.05, 0) is 17.4 Å². The van der Waals surface area contributed by atoms with E-state index in [1.54, 1.807) is 30.3 Å². The standard InChI is InChI=1S/C16H21N3O2/c1-16(2,3)10-12-9-13(19-18-12)17-15(21)14(20)11-7-5-4-6-8-11/h4-9,14,20H,10H2,1-3H3,(H2,17,18,19,21). The maximum Gasteiger partial charge on any atom is 0.259 e. The lowest BCUT2D eigenvalue weighted by molar-refractivity contribution is -0.124. The second-order valence-corrected chi connectivity index (χ2v) is 6.32. The topological polar surface area (TPSA) is 78.0 Å². The highest BCUT2D eigenvalue weighted by atomic mass is 16.3. The highest BCUT2D eigenvalue weighted by Gasteiger charge is 2.19. The van der Waals surface area contributed by atoms with E-state index in [0.717, 1.165) is 12.1 Å². The number of benzene rings is 1. The number of hydrogen-bond donors (Lipinski definition) is 3. The smallest absolute Gasteiger partial charge is 0.259 e. The molecule has 0 fully saturated rings. The van der Waals surface area contributed by atoms with Gasteiger partial charge >= 0.3 is 0 Å². The van der Waals surface area contributed by atoms with E-state index in [2.05, 4.69) is 36.3 Å². The summed E-state index contributed by atoms with van der Waals surface area (Å²) in [5.41, 5.74) is 1.64. The summed E-state index contributed by atoms with van der Waals surface area (Å²) in [5, 5.41) is 19.6. The van der Waals surface area contributed by atoms with Crippen LogP contribution in [0, 0.1) is 5.41 Å². The minimum Gasteiger partial charge on any atom is -0.378 e. The van der Waals surface area contributed by atoms with Crippen LogP contribution in [0.5, 0.6) is 0 Å². The van der Waals surface area contributed by atoms with Crippen molar-refractivity contribution in [2.75, 3.05) is 5.32 Å². The molecule has 5 heteroatoms. The molecule has 112 valence electrons. The molecule has 0 aliphatic carbocycles. The molecule has 3 N–H and O–H groups in total. The number of aliphatic hydroxyl groups is 1. The largest absolute Gasteiger partial charge is 0.378 e. The van der Waals surface area contributed by atoms with Crippen LogP contribution < -0.4 is 5.32 Å². The lowest BCUT2D eigenvalue weighted by Crippen LogP contribution is -2.20. The predicted molar refractivity (Wildman–Crippen MR) is 81.8 cm³/mol. The summed E-state index contributed by atoms with van der Waals surface area (Å²) < 4.78 is 0. The van der Waals surface area contributed by atoms with Gasteiger partial charge in [0.1, 0.15) is 0 Å². The molecule has 21 heavy (non-hydrogen) atoms. The molecule has 2 rings (SSSR count). The number of aromatic amines is 1. The van der Waals surface area contributed by atoms with Crippen molar-refractivity contribution in [2.24, 2.45) is 5.41 Å². The van der Waals surface area contributed by atoms with Crippen molar-refractivity contribution in [3.8, 4) is 0 Å². The Labute approximate surface area is 124 Å². The van der Waals surface area contributed by atoms with Gasteiger partial charge in [0.25, 0.3) is 5.91 Å². The summed E-state index contributed by atoms with van der Waals surface area (Å²) in [6.45, 7) is 6.39. The molecule has 0 radical (unpaired) electrons. The van der Waals surface area contributed by atoms with Crippen molar-refractivity contribution in [1.29, 1.82) is 0 Å².